The molecule has 14 heteroatoms. The van der Waals surface area contributed by atoms with Gasteiger partial charge >= 0.3 is 12.1 Å². The van der Waals surface area contributed by atoms with Crippen LogP contribution in [-0.2, 0) is 41.7 Å². The lowest BCUT2D eigenvalue weighted by atomic mass is 9.82. The third-order valence-corrected chi connectivity index (χ3v) is 10.8. The van der Waals surface area contributed by atoms with Gasteiger partial charge in [-0.15, -0.1) is 6.58 Å². The van der Waals surface area contributed by atoms with E-state index in [0.29, 0.717) is 19.5 Å². The number of ether oxygens (including phenoxy) is 1. The molecule has 2 heterocycles. The average molecular weight is 763 g/mol. The fraction of sp³-hybridized carbons (Fsp3) is 0.634. The van der Waals surface area contributed by atoms with Crippen molar-refractivity contribution >= 4 is 41.4 Å². The normalized spacial score (nSPS) is 21.3. The second-order valence-corrected chi connectivity index (χ2v) is 17.7. The molecule has 2 saturated carbocycles. The lowest BCUT2D eigenvalue weighted by molar-refractivity contribution is -0.144. The number of hydrogen-bond acceptors (Lipinski definition) is 8. The van der Waals surface area contributed by atoms with Crippen molar-refractivity contribution in [2.75, 3.05) is 19.6 Å². The molecule has 0 radical (unpaired) electrons. The van der Waals surface area contributed by atoms with Gasteiger partial charge < -0.3 is 35.8 Å². The molecule has 6 amide bonds. The van der Waals surface area contributed by atoms with Gasteiger partial charge in [-0.25, -0.2) is 9.59 Å². The van der Waals surface area contributed by atoms with Crippen molar-refractivity contribution in [3.8, 4) is 0 Å². The Morgan fingerprint density at radius 3 is 2.13 bits per heavy atom. The number of likely N-dealkylation sites (tertiary alicyclic amines) is 1. The number of nitrogens with one attached hydrogen (secondary N) is 4. The maximum Gasteiger partial charge on any atom is 0.410 e. The Hall–Kier alpha value is -4.75. The summed E-state index contributed by atoms with van der Waals surface area (Å²) in [4.78, 5) is 97.9. The zero-order chi connectivity index (χ0) is 40.2. The first kappa shape index (κ1) is 41.4. The Morgan fingerprint density at radius 2 is 1.53 bits per heavy atom. The quantitative estimate of drug-likeness (QED) is 0.164. The van der Waals surface area contributed by atoms with Crippen molar-refractivity contribution in [2.45, 2.75) is 123 Å². The number of rotatable bonds is 14. The number of hydrogen-bond donors (Lipinski definition) is 4. The second kappa shape index (κ2) is 16.9. The van der Waals surface area contributed by atoms with Crippen molar-refractivity contribution < 1.29 is 38.3 Å². The predicted octanol–water partition coefficient (Wildman–Crippen LogP) is 3.41. The van der Waals surface area contributed by atoms with Crippen LogP contribution in [0.2, 0.25) is 0 Å². The highest BCUT2D eigenvalue weighted by molar-refractivity contribution is 6.38. The summed E-state index contributed by atoms with van der Waals surface area (Å²) in [6, 6.07) is 2.90. The molecule has 0 spiro atoms. The molecular formula is C41H58N6O8. The summed E-state index contributed by atoms with van der Waals surface area (Å²) >= 11 is 0. The Bertz CT molecular complexity index is 1670. The Balaban J connectivity index is 1.37. The van der Waals surface area contributed by atoms with E-state index in [9.17, 15) is 33.6 Å². The highest BCUT2D eigenvalue weighted by Gasteiger charge is 2.48. The van der Waals surface area contributed by atoms with E-state index in [1.165, 1.54) is 11.0 Å². The fourth-order valence-electron chi connectivity index (χ4n) is 7.28. The number of nitrogens with zero attached hydrogens (tertiary/aromatic N) is 2. The monoisotopic (exact) mass is 762 g/mol. The first-order valence-corrected chi connectivity index (χ1v) is 19.5. The smallest absolute Gasteiger partial charge is 0.410 e. The molecule has 1 aromatic rings. The van der Waals surface area contributed by atoms with Crippen LogP contribution in [-0.4, -0.2) is 101 Å². The maximum absolute atomic E-state index is 14.6. The van der Waals surface area contributed by atoms with Gasteiger partial charge in [0.1, 0.15) is 18.2 Å². The van der Waals surface area contributed by atoms with Gasteiger partial charge in [0, 0.05) is 32.0 Å². The molecule has 2 aliphatic heterocycles. The van der Waals surface area contributed by atoms with Gasteiger partial charge in [-0.1, -0.05) is 84.7 Å². The Labute approximate surface area is 323 Å². The molecule has 1 aromatic carbocycles. The minimum atomic E-state index is -1.19. The van der Waals surface area contributed by atoms with Crippen molar-refractivity contribution in [1.29, 1.82) is 0 Å². The summed E-state index contributed by atoms with van der Waals surface area (Å²) in [5, 5.41) is 10.9. The van der Waals surface area contributed by atoms with Crippen LogP contribution in [0.1, 0.15) is 91.2 Å². The van der Waals surface area contributed by atoms with Crippen LogP contribution in [0.5, 0.6) is 0 Å². The Kier molecular flexibility index (Phi) is 12.8. The van der Waals surface area contributed by atoms with Crippen LogP contribution in [0.25, 0.3) is 0 Å². The third-order valence-electron chi connectivity index (χ3n) is 10.8. The van der Waals surface area contributed by atoms with Crippen LogP contribution in [0, 0.1) is 22.7 Å². The number of carbonyl (C=O) groups excluding carboxylic acids is 7. The van der Waals surface area contributed by atoms with Crippen LogP contribution < -0.4 is 21.3 Å². The molecule has 4 N–H and O–H groups in total. The minimum Gasteiger partial charge on any atom is -0.444 e. The van der Waals surface area contributed by atoms with Crippen molar-refractivity contribution in [2.24, 2.45) is 22.7 Å². The first-order valence-electron chi connectivity index (χ1n) is 19.5. The summed E-state index contributed by atoms with van der Waals surface area (Å²) in [5.74, 6) is -2.90. The number of amides is 6. The minimum absolute atomic E-state index is 0.0483. The van der Waals surface area contributed by atoms with E-state index in [4.69, 9.17) is 4.74 Å². The molecule has 55 heavy (non-hydrogen) atoms. The number of Topliss-reactive ketones (excluding diaryl/α,β-unsaturated/α-hetero) is 2. The SMILES string of the molecule is C=CCNC(=O)C(=O)C(CC1CC1)NC(=O)[C@@H]1C[C@@H](OC(=O)N2CCc3ccccc3C2)CN1C(=O)[C@@H](NC(=O)N[C@H](C(=O)C1CC1)C(C)(C)C)C(C)(C)C. The lowest BCUT2D eigenvalue weighted by Crippen LogP contribution is -2.62. The summed E-state index contributed by atoms with van der Waals surface area (Å²) in [5.41, 5.74) is 0.724. The van der Waals surface area contributed by atoms with E-state index >= 15 is 0 Å². The first-order chi connectivity index (χ1) is 25.9. The van der Waals surface area contributed by atoms with Crippen LogP contribution in [0.3, 0.4) is 0 Å². The van der Waals surface area contributed by atoms with Gasteiger partial charge in [0.15, 0.2) is 5.78 Å². The number of benzene rings is 1. The molecule has 5 atom stereocenters. The van der Waals surface area contributed by atoms with E-state index < -0.39 is 76.7 Å². The van der Waals surface area contributed by atoms with E-state index in [2.05, 4.69) is 27.8 Å². The summed E-state index contributed by atoms with van der Waals surface area (Å²) in [6.07, 6.45) is 4.13. The molecular weight excluding hydrogens is 704 g/mol. The van der Waals surface area contributed by atoms with E-state index in [-0.39, 0.29) is 43.6 Å². The largest absolute Gasteiger partial charge is 0.444 e. The van der Waals surface area contributed by atoms with E-state index in [0.717, 1.165) is 36.8 Å². The molecule has 1 unspecified atom stereocenters. The average Bonchev–Trinajstić information content (AvgIpc) is 4.08. The van der Waals surface area contributed by atoms with Gasteiger partial charge in [0.05, 0.1) is 18.6 Å². The summed E-state index contributed by atoms with van der Waals surface area (Å²) < 4.78 is 5.96. The predicted molar refractivity (Wildman–Crippen MR) is 204 cm³/mol. The van der Waals surface area contributed by atoms with Crippen LogP contribution >= 0.6 is 0 Å². The topological polar surface area (TPSA) is 183 Å². The fourth-order valence-corrected chi connectivity index (χ4v) is 7.28. The highest BCUT2D eigenvalue weighted by atomic mass is 16.6. The zero-order valence-electron chi connectivity index (χ0n) is 33.1. The van der Waals surface area contributed by atoms with Gasteiger partial charge in [0.25, 0.3) is 5.91 Å². The summed E-state index contributed by atoms with van der Waals surface area (Å²) in [7, 11) is 0. The van der Waals surface area contributed by atoms with Gasteiger partial charge in [0.2, 0.25) is 17.6 Å². The standard InChI is InChI=1S/C41H58N6O8/c1-8-18-42-36(51)32(49)29(20-24-13-14-24)43-35(50)30-21-28(55-39(54)46-19-17-25-11-9-10-12-27(25)22-46)23-47(30)37(52)34(41(5,6)7)45-38(53)44-33(40(2,3)4)31(48)26-15-16-26/h8-12,24,26,28-30,33-34H,1,13-23H2,2-7H3,(H,42,51)(H,43,50)(H2,44,45,53)/t28-,29?,30+,33-,34-/m1/s1. The highest BCUT2D eigenvalue weighted by Crippen LogP contribution is 2.36. The number of carbonyl (C=O) groups is 7. The van der Waals surface area contributed by atoms with Crippen LogP contribution in [0.15, 0.2) is 36.9 Å². The zero-order valence-corrected chi connectivity index (χ0v) is 33.1. The maximum atomic E-state index is 14.6. The third kappa shape index (κ3) is 10.7. The number of fused-ring (bicyclic) bond motifs is 1. The molecule has 0 bridgehead atoms. The van der Waals surface area contributed by atoms with Gasteiger partial charge in [-0.3, -0.25) is 24.0 Å². The van der Waals surface area contributed by atoms with Gasteiger partial charge in [-0.05, 0) is 53.6 Å². The molecule has 3 fully saturated rings. The second-order valence-electron chi connectivity index (χ2n) is 17.7. The molecule has 2 aliphatic carbocycles. The summed E-state index contributed by atoms with van der Waals surface area (Å²) in [6.45, 7) is 15.2. The van der Waals surface area contributed by atoms with Crippen molar-refractivity contribution in [1.82, 2.24) is 31.1 Å². The molecule has 0 aromatic heterocycles. The molecule has 14 nitrogen and oxygen atoms in total. The molecule has 4 aliphatic rings. The number of urea groups is 1. The lowest BCUT2D eigenvalue weighted by Gasteiger charge is -2.36. The number of ketones is 2. The van der Waals surface area contributed by atoms with Gasteiger partial charge in [-0.2, -0.15) is 0 Å². The van der Waals surface area contributed by atoms with Crippen molar-refractivity contribution in [3.63, 3.8) is 0 Å². The van der Waals surface area contributed by atoms with Crippen LogP contribution in [0.4, 0.5) is 9.59 Å². The Morgan fingerprint density at radius 1 is 0.891 bits per heavy atom. The van der Waals surface area contributed by atoms with Crippen molar-refractivity contribution in [3.05, 3.63) is 48.0 Å². The molecule has 300 valence electrons. The molecule has 1 saturated heterocycles. The molecule has 5 rings (SSSR count). The van der Waals surface area contributed by atoms with E-state index in [1.54, 1.807) is 25.7 Å². The van der Waals surface area contributed by atoms with E-state index in [1.807, 2.05) is 45.0 Å².